The first-order valence-electron chi connectivity index (χ1n) is 14.0. The van der Waals surface area contributed by atoms with Crippen LogP contribution in [0, 0.1) is 46.3 Å². The minimum atomic E-state index is -3.93. The van der Waals surface area contributed by atoms with Crippen molar-refractivity contribution < 1.29 is 23.0 Å². The fourth-order valence-corrected chi connectivity index (χ4v) is 13.2. The number of methoxy groups -OCH3 is 1. The van der Waals surface area contributed by atoms with Crippen LogP contribution in [0.2, 0.25) is 0 Å². The molecule has 6 fully saturated rings. The number of hydrogen-bond donors (Lipinski definition) is 1. The second-order valence-electron chi connectivity index (χ2n) is 12.9. The van der Waals surface area contributed by atoms with Crippen LogP contribution in [0.15, 0.2) is 35.2 Å². The fourth-order valence-electron chi connectivity index (χ4n) is 11.0. The molecule has 7 heteroatoms. The highest BCUT2D eigenvalue weighted by molar-refractivity contribution is 7.92. The van der Waals surface area contributed by atoms with Gasteiger partial charge in [-0.15, -0.1) is 0 Å². The number of hydrogen-bond acceptors (Lipinski definition) is 6. The number of likely N-dealkylation sites (tertiary alicyclic amines) is 1. The van der Waals surface area contributed by atoms with E-state index in [1.807, 2.05) is 6.07 Å². The van der Waals surface area contributed by atoms with Crippen molar-refractivity contribution in [3.05, 3.63) is 36.2 Å². The van der Waals surface area contributed by atoms with Crippen LogP contribution < -0.4 is 0 Å². The van der Waals surface area contributed by atoms with Gasteiger partial charge >= 0.3 is 0 Å². The summed E-state index contributed by atoms with van der Waals surface area (Å²) in [6.07, 6.45) is 5.77. The summed E-state index contributed by atoms with van der Waals surface area (Å²) in [6, 6.07) is 9.06. The molecule has 1 heterocycles. The molecule has 1 saturated heterocycles. The maximum Gasteiger partial charge on any atom is 0.217 e. The number of benzene rings is 1. The first-order chi connectivity index (χ1) is 17.2. The molecule has 5 aliphatic carbocycles. The van der Waals surface area contributed by atoms with Crippen LogP contribution in [0.25, 0.3) is 0 Å². The van der Waals surface area contributed by atoms with Gasteiger partial charge in [-0.1, -0.05) is 32.0 Å². The standard InChI is InChI=1S/C29H40NO5S/c1-4-30-16-27(2)13-12-24(35-17-34-3)28-22-14-18-10-11-20(21(26(28)30)15-23(27)28)25(22)29(18,31)36(32,33)19-8-6-5-7-9-19/h5-9,18,21-26,31H,4,10-17H2,1-3H3/q+1/t18-,21?,22?,23+,24-,25?,26?,27-,28?,29+/m0/s1. The Morgan fingerprint density at radius 1 is 1.19 bits per heavy atom. The Labute approximate surface area is 215 Å². The third-order valence-electron chi connectivity index (χ3n) is 11.9. The molecule has 10 atom stereocenters. The highest BCUT2D eigenvalue weighted by atomic mass is 32.2. The first-order valence-corrected chi connectivity index (χ1v) is 15.5. The van der Waals surface area contributed by atoms with Crippen molar-refractivity contribution >= 4 is 9.84 Å². The molecule has 7 bridgehead atoms. The van der Waals surface area contributed by atoms with Gasteiger partial charge in [0.2, 0.25) is 14.8 Å². The smallest absolute Gasteiger partial charge is 0.217 e. The van der Waals surface area contributed by atoms with Crippen LogP contribution in [-0.2, 0) is 19.3 Å². The maximum absolute atomic E-state index is 14.3. The van der Waals surface area contributed by atoms with Gasteiger partial charge in [-0.05, 0) is 62.1 Å². The molecule has 5 saturated carbocycles. The van der Waals surface area contributed by atoms with Crippen LogP contribution in [0.1, 0.15) is 52.4 Å². The van der Waals surface area contributed by atoms with E-state index < -0.39 is 14.8 Å². The molecule has 0 radical (unpaired) electrons. The van der Waals surface area contributed by atoms with Crippen LogP contribution in [0.3, 0.4) is 0 Å². The zero-order chi connectivity index (χ0) is 25.1. The Balaban J connectivity index is 1.42. The molecule has 7 rings (SSSR count). The summed E-state index contributed by atoms with van der Waals surface area (Å²) in [7, 11) is -2.24. The third kappa shape index (κ3) is 2.58. The Kier molecular flexibility index (Phi) is 5.14. The third-order valence-corrected chi connectivity index (χ3v) is 14.2. The van der Waals surface area contributed by atoms with Crippen LogP contribution in [0.5, 0.6) is 0 Å². The molecular weight excluding hydrogens is 474 g/mol. The van der Waals surface area contributed by atoms with E-state index in [1.54, 1.807) is 31.4 Å². The second kappa shape index (κ2) is 7.72. The van der Waals surface area contributed by atoms with Gasteiger partial charge in [-0.25, -0.2) is 8.42 Å². The summed E-state index contributed by atoms with van der Waals surface area (Å²) < 4.78 is 40.5. The Bertz CT molecular complexity index is 1140. The minimum absolute atomic E-state index is 0.0365. The zero-order valence-electron chi connectivity index (χ0n) is 21.7. The van der Waals surface area contributed by atoms with E-state index in [4.69, 9.17) is 9.47 Å². The summed E-state index contributed by atoms with van der Waals surface area (Å²) in [5, 5.41) is 12.5. The molecule has 6 aliphatic rings. The van der Waals surface area contributed by atoms with Crippen molar-refractivity contribution in [3.63, 3.8) is 0 Å². The molecular formula is C29H40NO5S+. The van der Waals surface area contributed by atoms with Crippen LogP contribution in [-0.4, -0.2) is 62.5 Å². The Morgan fingerprint density at radius 3 is 2.69 bits per heavy atom. The van der Waals surface area contributed by atoms with Gasteiger partial charge < -0.3 is 14.6 Å². The van der Waals surface area contributed by atoms with Gasteiger partial charge in [-0.2, -0.15) is 0 Å². The molecule has 5 unspecified atom stereocenters. The van der Waals surface area contributed by atoms with Crippen LogP contribution >= 0.6 is 0 Å². The maximum atomic E-state index is 14.3. The van der Waals surface area contributed by atoms with Gasteiger partial charge in [-0.3, -0.25) is 4.90 Å². The highest BCUT2D eigenvalue weighted by Crippen LogP contribution is 2.80. The van der Waals surface area contributed by atoms with Gasteiger partial charge in [0.05, 0.1) is 23.5 Å². The number of piperidine rings is 1. The molecule has 196 valence electrons. The van der Waals surface area contributed by atoms with Gasteiger partial charge in [0.15, 0.2) is 0 Å². The molecule has 1 spiro atoms. The summed E-state index contributed by atoms with van der Waals surface area (Å²) in [5.74, 6) is 1.76. The van der Waals surface area contributed by atoms with Crippen molar-refractivity contribution in [3.8, 4) is 0 Å². The summed E-state index contributed by atoms with van der Waals surface area (Å²) in [6.45, 7) is 7.14. The topological polar surface area (TPSA) is 76.1 Å². The average molecular weight is 515 g/mol. The van der Waals surface area contributed by atoms with Gasteiger partial charge in [0.1, 0.15) is 24.5 Å². The SMILES string of the molecule is CCN1C[C@]2(C)CC[C@H](OCOC)C34C5C[C@@H]6CC[C+](C(C[C@@H]32)C14)C5[C@]6(O)S(=O)(=O)c1ccccc1. The molecule has 0 amide bonds. The van der Waals surface area contributed by atoms with E-state index in [0.717, 1.165) is 51.6 Å². The van der Waals surface area contributed by atoms with E-state index in [2.05, 4.69) is 18.7 Å². The van der Waals surface area contributed by atoms with E-state index in [-0.39, 0.29) is 46.4 Å². The lowest BCUT2D eigenvalue weighted by Crippen LogP contribution is -2.73. The number of ether oxygens (including phenoxy) is 2. The first kappa shape index (κ1) is 24.0. The van der Waals surface area contributed by atoms with E-state index in [0.29, 0.717) is 17.9 Å². The highest BCUT2D eigenvalue weighted by Gasteiger charge is 2.87. The lowest BCUT2D eigenvalue weighted by atomic mass is 9.44. The minimum Gasteiger partial charge on any atom is -0.370 e. The fraction of sp³-hybridized carbons (Fsp3) is 0.759. The number of rotatable bonds is 6. The molecule has 1 N–H and O–H groups in total. The average Bonchev–Trinajstić information content (AvgIpc) is 3.21. The molecule has 1 aliphatic heterocycles. The van der Waals surface area contributed by atoms with E-state index in [9.17, 15) is 13.5 Å². The molecule has 36 heavy (non-hydrogen) atoms. The molecule has 1 aromatic carbocycles. The quantitative estimate of drug-likeness (QED) is 0.458. The van der Waals surface area contributed by atoms with E-state index in [1.165, 1.54) is 5.92 Å². The monoisotopic (exact) mass is 514 g/mol. The van der Waals surface area contributed by atoms with Gasteiger partial charge in [0, 0.05) is 30.9 Å². The van der Waals surface area contributed by atoms with Crippen molar-refractivity contribution in [2.45, 2.75) is 74.3 Å². The van der Waals surface area contributed by atoms with Crippen molar-refractivity contribution in [1.82, 2.24) is 4.90 Å². The zero-order valence-corrected chi connectivity index (χ0v) is 22.5. The lowest BCUT2D eigenvalue weighted by molar-refractivity contribution is -0.247. The van der Waals surface area contributed by atoms with Crippen LogP contribution in [0.4, 0.5) is 0 Å². The number of nitrogens with zero attached hydrogens (tertiary/aromatic N) is 1. The van der Waals surface area contributed by atoms with Crippen molar-refractivity contribution in [1.29, 1.82) is 0 Å². The molecule has 1 aromatic rings. The Hall–Kier alpha value is -1.12. The Morgan fingerprint density at radius 2 is 1.97 bits per heavy atom. The summed E-state index contributed by atoms with van der Waals surface area (Å²) >= 11 is 0. The number of sulfone groups is 1. The number of aliphatic hydroxyl groups is 1. The predicted octanol–water partition coefficient (Wildman–Crippen LogP) is 3.90. The normalized spacial score (nSPS) is 48.9. The molecule has 0 aromatic heterocycles. The van der Waals surface area contributed by atoms with E-state index >= 15 is 0 Å². The molecule has 6 nitrogen and oxygen atoms in total. The lowest BCUT2D eigenvalue weighted by Gasteiger charge is -2.66. The predicted molar refractivity (Wildman–Crippen MR) is 135 cm³/mol. The summed E-state index contributed by atoms with van der Waals surface area (Å²) in [4.78, 5) is 1.25. The largest absolute Gasteiger partial charge is 0.370 e. The van der Waals surface area contributed by atoms with Crippen molar-refractivity contribution in [2.75, 3.05) is 27.0 Å². The van der Waals surface area contributed by atoms with Crippen molar-refractivity contribution in [2.24, 2.45) is 40.4 Å². The number of fused-ring (bicyclic) bond motifs is 2. The second-order valence-corrected chi connectivity index (χ2v) is 15.0. The summed E-state index contributed by atoms with van der Waals surface area (Å²) in [5.41, 5.74) is 0.0554. The van der Waals surface area contributed by atoms with Gasteiger partial charge in [0.25, 0.3) is 0 Å².